The summed E-state index contributed by atoms with van der Waals surface area (Å²) in [7, 11) is 1.90. The first-order valence-corrected chi connectivity index (χ1v) is 6.52. The second-order valence-electron chi connectivity index (χ2n) is 4.76. The van der Waals surface area contributed by atoms with Crippen molar-refractivity contribution >= 4 is 11.1 Å². The fraction of sp³-hybridized carbons (Fsp3) is 0.188. The van der Waals surface area contributed by atoms with Gasteiger partial charge in [0.25, 0.3) is 0 Å². The van der Waals surface area contributed by atoms with Crippen molar-refractivity contribution in [2.45, 2.75) is 12.6 Å². The average molecular weight is 268 g/mol. The van der Waals surface area contributed by atoms with Gasteiger partial charge in [-0.05, 0) is 35.9 Å². The van der Waals surface area contributed by atoms with Crippen molar-refractivity contribution in [3.05, 3.63) is 65.5 Å². The van der Waals surface area contributed by atoms with Crippen molar-refractivity contribution in [3.63, 3.8) is 0 Å². The fourth-order valence-corrected chi connectivity index (χ4v) is 2.31. The minimum Gasteiger partial charge on any atom is -0.443 e. The smallest absolute Gasteiger partial charge is 0.181 e. The Bertz CT molecular complexity index is 721. The van der Waals surface area contributed by atoms with Gasteiger partial charge < -0.3 is 14.8 Å². The highest BCUT2D eigenvalue weighted by atomic mass is 16.3. The van der Waals surface area contributed by atoms with Crippen LogP contribution in [0.25, 0.3) is 11.1 Å². The minimum atomic E-state index is -0.665. The van der Waals surface area contributed by atoms with Gasteiger partial charge in [-0.3, -0.25) is 0 Å². The molecule has 0 amide bonds. The number of nitrogens with zero attached hydrogens (tertiary/aromatic N) is 1. The number of hydrogen-bond acceptors (Lipinski definition) is 4. The van der Waals surface area contributed by atoms with Crippen LogP contribution in [0.1, 0.15) is 22.8 Å². The van der Waals surface area contributed by atoms with E-state index in [9.17, 15) is 5.11 Å². The van der Waals surface area contributed by atoms with Crippen molar-refractivity contribution in [1.82, 2.24) is 10.3 Å². The maximum atomic E-state index is 10.5. The molecule has 3 rings (SSSR count). The molecule has 0 bridgehead atoms. The second kappa shape index (κ2) is 5.45. The molecule has 2 aromatic carbocycles. The number of aromatic nitrogens is 1. The summed E-state index contributed by atoms with van der Waals surface area (Å²) in [5.41, 5.74) is 4.30. The molecule has 20 heavy (non-hydrogen) atoms. The SMILES string of the molecule is CNCc1cccc(C(O)c2ccc3ncoc3c2)c1. The molecule has 0 spiro atoms. The predicted octanol–water partition coefficient (Wildman–Crippen LogP) is 2.63. The third-order valence-corrected chi connectivity index (χ3v) is 3.32. The van der Waals surface area contributed by atoms with Gasteiger partial charge in [0, 0.05) is 6.54 Å². The van der Waals surface area contributed by atoms with Crippen LogP contribution < -0.4 is 5.32 Å². The summed E-state index contributed by atoms with van der Waals surface area (Å²) in [5.74, 6) is 0. The summed E-state index contributed by atoms with van der Waals surface area (Å²) in [6.07, 6.45) is 0.746. The molecule has 4 nitrogen and oxygen atoms in total. The van der Waals surface area contributed by atoms with Gasteiger partial charge in [0.2, 0.25) is 0 Å². The quantitative estimate of drug-likeness (QED) is 0.763. The summed E-state index contributed by atoms with van der Waals surface area (Å²) >= 11 is 0. The van der Waals surface area contributed by atoms with Crippen LogP contribution in [-0.4, -0.2) is 17.1 Å². The summed E-state index contributed by atoms with van der Waals surface area (Å²) in [6.45, 7) is 0.779. The largest absolute Gasteiger partial charge is 0.443 e. The highest BCUT2D eigenvalue weighted by molar-refractivity contribution is 5.73. The maximum Gasteiger partial charge on any atom is 0.181 e. The number of hydrogen-bond donors (Lipinski definition) is 2. The van der Waals surface area contributed by atoms with Gasteiger partial charge in [0.05, 0.1) is 0 Å². The molecule has 0 saturated heterocycles. The Morgan fingerprint density at radius 1 is 1.20 bits per heavy atom. The molecule has 0 aliphatic heterocycles. The zero-order chi connectivity index (χ0) is 13.9. The van der Waals surface area contributed by atoms with Gasteiger partial charge in [0.1, 0.15) is 11.6 Å². The van der Waals surface area contributed by atoms with Crippen LogP contribution in [0.15, 0.2) is 53.3 Å². The lowest BCUT2D eigenvalue weighted by atomic mass is 9.99. The molecule has 0 radical (unpaired) electrons. The first kappa shape index (κ1) is 12.8. The molecule has 0 aliphatic carbocycles. The Morgan fingerprint density at radius 3 is 2.90 bits per heavy atom. The molecule has 1 unspecified atom stereocenters. The Morgan fingerprint density at radius 2 is 2.05 bits per heavy atom. The molecule has 0 aliphatic rings. The number of nitrogens with one attached hydrogen (secondary N) is 1. The highest BCUT2D eigenvalue weighted by Gasteiger charge is 2.12. The van der Waals surface area contributed by atoms with Crippen LogP contribution in [0.3, 0.4) is 0 Å². The van der Waals surface area contributed by atoms with E-state index in [0.717, 1.165) is 28.8 Å². The number of fused-ring (bicyclic) bond motifs is 1. The van der Waals surface area contributed by atoms with Crippen molar-refractivity contribution in [3.8, 4) is 0 Å². The molecule has 4 heteroatoms. The molecule has 102 valence electrons. The maximum absolute atomic E-state index is 10.5. The van der Waals surface area contributed by atoms with Crippen LogP contribution in [0, 0.1) is 0 Å². The molecular formula is C16H16N2O2. The fourth-order valence-electron chi connectivity index (χ4n) is 2.31. The molecule has 1 heterocycles. The van der Waals surface area contributed by atoms with E-state index >= 15 is 0 Å². The zero-order valence-corrected chi connectivity index (χ0v) is 11.2. The van der Waals surface area contributed by atoms with Crippen LogP contribution >= 0.6 is 0 Å². The minimum absolute atomic E-state index is 0.665. The van der Waals surface area contributed by atoms with E-state index in [0.29, 0.717) is 5.58 Å². The van der Waals surface area contributed by atoms with E-state index in [1.807, 2.05) is 49.5 Å². The lowest BCUT2D eigenvalue weighted by Crippen LogP contribution is -2.06. The zero-order valence-electron chi connectivity index (χ0n) is 11.2. The normalized spacial score (nSPS) is 12.7. The summed E-state index contributed by atoms with van der Waals surface area (Å²) in [4.78, 5) is 4.07. The first-order valence-electron chi connectivity index (χ1n) is 6.52. The Hall–Kier alpha value is -2.17. The summed E-state index contributed by atoms with van der Waals surface area (Å²) in [5, 5.41) is 13.6. The molecule has 0 saturated carbocycles. The third-order valence-electron chi connectivity index (χ3n) is 3.32. The van der Waals surface area contributed by atoms with Gasteiger partial charge >= 0.3 is 0 Å². The van der Waals surface area contributed by atoms with E-state index in [1.165, 1.54) is 6.39 Å². The molecule has 1 atom stereocenters. The van der Waals surface area contributed by atoms with E-state index in [2.05, 4.69) is 10.3 Å². The molecule has 2 N–H and O–H groups in total. The summed E-state index contributed by atoms with van der Waals surface area (Å²) < 4.78 is 5.27. The summed E-state index contributed by atoms with van der Waals surface area (Å²) in [6, 6.07) is 13.5. The van der Waals surface area contributed by atoms with E-state index < -0.39 is 6.10 Å². The average Bonchev–Trinajstić information content (AvgIpc) is 2.94. The van der Waals surface area contributed by atoms with Crippen LogP contribution in [0.2, 0.25) is 0 Å². The third kappa shape index (κ3) is 2.43. The van der Waals surface area contributed by atoms with Gasteiger partial charge in [-0.1, -0.05) is 30.3 Å². The van der Waals surface area contributed by atoms with Crippen LogP contribution in [0.4, 0.5) is 0 Å². The number of benzene rings is 2. The van der Waals surface area contributed by atoms with Crippen molar-refractivity contribution in [2.24, 2.45) is 0 Å². The molecule has 3 aromatic rings. The Labute approximate surface area is 117 Å². The number of rotatable bonds is 4. The standard InChI is InChI=1S/C16H16N2O2/c1-17-9-11-3-2-4-12(7-11)16(19)13-5-6-14-15(8-13)20-10-18-14/h2-8,10,16-17,19H,9H2,1H3. The number of aliphatic hydroxyl groups is 1. The van der Waals surface area contributed by atoms with Crippen molar-refractivity contribution < 1.29 is 9.52 Å². The number of oxazole rings is 1. The first-order chi connectivity index (χ1) is 9.78. The highest BCUT2D eigenvalue weighted by Crippen LogP contribution is 2.25. The Kier molecular flexibility index (Phi) is 3.50. The Balaban J connectivity index is 1.94. The topological polar surface area (TPSA) is 58.3 Å². The van der Waals surface area contributed by atoms with Gasteiger partial charge in [-0.2, -0.15) is 0 Å². The lowest BCUT2D eigenvalue weighted by Gasteiger charge is -2.12. The lowest BCUT2D eigenvalue weighted by molar-refractivity contribution is 0.220. The van der Waals surface area contributed by atoms with E-state index in [4.69, 9.17) is 4.42 Å². The van der Waals surface area contributed by atoms with Crippen LogP contribution in [0.5, 0.6) is 0 Å². The van der Waals surface area contributed by atoms with Gasteiger partial charge in [0.15, 0.2) is 12.0 Å². The van der Waals surface area contributed by atoms with E-state index in [1.54, 1.807) is 0 Å². The van der Waals surface area contributed by atoms with E-state index in [-0.39, 0.29) is 0 Å². The second-order valence-corrected chi connectivity index (χ2v) is 4.76. The molecule has 1 aromatic heterocycles. The monoisotopic (exact) mass is 268 g/mol. The predicted molar refractivity (Wildman–Crippen MR) is 77.3 cm³/mol. The van der Waals surface area contributed by atoms with Gasteiger partial charge in [-0.15, -0.1) is 0 Å². The van der Waals surface area contributed by atoms with Crippen molar-refractivity contribution in [1.29, 1.82) is 0 Å². The van der Waals surface area contributed by atoms with Crippen molar-refractivity contribution in [2.75, 3.05) is 7.05 Å². The molecule has 0 fully saturated rings. The van der Waals surface area contributed by atoms with Crippen LogP contribution in [-0.2, 0) is 6.54 Å². The molecular weight excluding hydrogens is 252 g/mol. The number of aliphatic hydroxyl groups excluding tert-OH is 1. The van der Waals surface area contributed by atoms with Gasteiger partial charge in [-0.25, -0.2) is 4.98 Å².